The van der Waals surface area contributed by atoms with Gasteiger partial charge in [-0.3, -0.25) is 20.4 Å². The molecule has 0 saturated heterocycles. The summed E-state index contributed by atoms with van der Waals surface area (Å²) in [4.78, 5) is 26.1. The number of thiophene rings is 1. The second-order valence-electron chi connectivity index (χ2n) is 6.90. The van der Waals surface area contributed by atoms with Crippen molar-refractivity contribution in [3.05, 3.63) is 50.7 Å². The Bertz CT molecular complexity index is 828. The molecular formula is C20H24N2O3S. The van der Waals surface area contributed by atoms with Crippen LogP contribution in [0.4, 0.5) is 0 Å². The zero-order valence-electron chi connectivity index (χ0n) is 15.3. The van der Waals surface area contributed by atoms with E-state index in [4.69, 9.17) is 4.74 Å². The molecule has 0 spiro atoms. The molecule has 2 N–H and O–H groups in total. The minimum absolute atomic E-state index is 0.150. The maximum atomic E-state index is 12.3. The number of ether oxygens (including phenoxy) is 1. The maximum Gasteiger partial charge on any atom is 0.279 e. The number of rotatable bonds is 4. The summed E-state index contributed by atoms with van der Waals surface area (Å²) in [5, 5.41) is 0. The molecule has 3 rings (SSSR count). The Morgan fingerprint density at radius 3 is 2.88 bits per heavy atom. The van der Waals surface area contributed by atoms with E-state index < -0.39 is 5.91 Å². The van der Waals surface area contributed by atoms with E-state index in [1.165, 1.54) is 28.2 Å². The van der Waals surface area contributed by atoms with Crippen LogP contribution >= 0.6 is 11.3 Å². The van der Waals surface area contributed by atoms with Gasteiger partial charge in [0, 0.05) is 4.88 Å². The minimum atomic E-state index is -0.394. The molecule has 138 valence electrons. The van der Waals surface area contributed by atoms with Gasteiger partial charge in [0.25, 0.3) is 11.8 Å². The predicted molar refractivity (Wildman–Crippen MR) is 103 cm³/mol. The molecule has 1 aliphatic rings. The van der Waals surface area contributed by atoms with E-state index in [1.54, 1.807) is 0 Å². The molecule has 26 heavy (non-hydrogen) atoms. The Labute approximate surface area is 157 Å². The van der Waals surface area contributed by atoms with Gasteiger partial charge in [-0.1, -0.05) is 19.1 Å². The summed E-state index contributed by atoms with van der Waals surface area (Å²) in [5.74, 6) is 0.660. The van der Waals surface area contributed by atoms with E-state index in [0.717, 1.165) is 24.0 Å². The molecule has 2 aromatic rings. The quantitative estimate of drug-likeness (QED) is 0.809. The van der Waals surface area contributed by atoms with Crippen LogP contribution in [-0.2, 0) is 17.6 Å². The van der Waals surface area contributed by atoms with Crippen LogP contribution in [0.3, 0.4) is 0 Å². The highest BCUT2D eigenvalue weighted by Gasteiger charge is 2.20. The lowest BCUT2D eigenvalue weighted by Gasteiger charge is -2.16. The number of benzene rings is 1. The SMILES string of the molecule is Cc1cccc(OCC(=O)NNC(=O)c2cc3c(s2)CC[C@H](C)C3)c1C. The van der Waals surface area contributed by atoms with Crippen molar-refractivity contribution >= 4 is 23.2 Å². The van der Waals surface area contributed by atoms with Crippen molar-refractivity contribution in [2.75, 3.05) is 6.61 Å². The molecule has 1 aromatic carbocycles. The third kappa shape index (κ3) is 4.25. The number of hydrazine groups is 1. The van der Waals surface area contributed by atoms with Crippen LogP contribution in [0.25, 0.3) is 0 Å². The first-order chi connectivity index (χ1) is 12.4. The summed E-state index contributed by atoms with van der Waals surface area (Å²) in [6, 6.07) is 7.65. The topological polar surface area (TPSA) is 67.4 Å². The zero-order valence-corrected chi connectivity index (χ0v) is 16.2. The Morgan fingerprint density at radius 1 is 1.27 bits per heavy atom. The second-order valence-corrected chi connectivity index (χ2v) is 8.03. The lowest BCUT2D eigenvalue weighted by atomic mass is 9.90. The first kappa shape index (κ1) is 18.5. The standard InChI is InChI=1S/C20H24N2O3S/c1-12-7-8-17-15(9-12)10-18(26-17)20(24)22-21-19(23)11-25-16-6-4-5-13(2)14(16)3/h4-6,10,12H,7-9,11H2,1-3H3,(H,21,23)(H,22,24)/t12-/m0/s1. The van der Waals surface area contributed by atoms with Gasteiger partial charge in [-0.05, 0) is 67.9 Å². The van der Waals surface area contributed by atoms with Crippen LogP contribution in [0.5, 0.6) is 5.75 Å². The number of aryl methyl sites for hydroxylation is 2. The molecule has 0 bridgehead atoms. The molecule has 1 heterocycles. The van der Waals surface area contributed by atoms with Gasteiger partial charge in [0.05, 0.1) is 4.88 Å². The normalized spacial score (nSPS) is 15.9. The van der Waals surface area contributed by atoms with Gasteiger partial charge in [0.1, 0.15) is 5.75 Å². The Hall–Kier alpha value is -2.34. The van der Waals surface area contributed by atoms with Crippen LogP contribution in [0.2, 0.25) is 0 Å². The van der Waals surface area contributed by atoms with Crippen molar-refractivity contribution in [2.45, 2.75) is 40.0 Å². The van der Waals surface area contributed by atoms with Crippen LogP contribution in [-0.4, -0.2) is 18.4 Å². The Balaban J connectivity index is 1.50. The largest absolute Gasteiger partial charge is 0.483 e. The van der Waals surface area contributed by atoms with Crippen LogP contribution < -0.4 is 15.6 Å². The van der Waals surface area contributed by atoms with Crippen molar-refractivity contribution in [3.63, 3.8) is 0 Å². The molecule has 1 aromatic heterocycles. The summed E-state index contributed by atoms with van der Waals surface area (Å²) in [6.07, 6.45) is 3.22. The van der Waals surface area contributed by atoms with E-state index in [-0.39, 0.29) is 12.5 Å². The van der Waals surface area contributed by atoms with Crippen molar-refractivity contribution in [3.8, 4) is 5.75 Å². The van der Waals surface area contributed by atoms with E-state index in [9.17, 15) is 9.59 Å². The predicted octanol–water partition coefficient (Wildman–Crippen LogP) is 3.33. The van der Waals surface area contributed by atoms with Crippen LogP contribution in [0.15, 0.2) is 24.3 Å². The first-order valence-electron chi connectivity index (χ1n) is 8.84. The van der Waals surface area contributed by atoms with Gasteiger partial charge < -0.3 is 4.74 Å². The number of amides is 2. The summed E-state index contributed by atoms with van der Waals surface area (Å²) in [6.45, 7) is 6.02. The number of fused-ring (bicyclic) bond motifs is 1. The summed E-state index contributed by atoms with van der Waals surface area (Å²) in [5.41, 5.74) is 8.26. The van der Waals surface area contributed by atoms with Gasteiger partial charge in [0.2, 0.25) is 0 Å². The summed E-state index contributed by atoms with van der Waals surface area (Å²) >= 11 is 1.52. The molecule has 5 nitrogen and oxygen atoms in total. The molecule has 0 saturated carbocycles. The number of carbonyl (C=O) groups excluding carboxylic acids is 2. The first-order valence-corrected chi connectivity index (χ1v) is 9.65. The van der Waals surface area contributed by atoms with Crippen LogP contribution in [0.1, 0.15) is 44.6 Å². The molecule has 1 aliphatic carbocycles. The number of carbonyl (C=O) groups is 2. The Morgan fingerprint density at radius 2 is 2.08 bits per heavy atom. The van der Waals surface area contributed by atoms with Crippen molar-refractivity contribution in [1.29, 1.82) is 0 Å². The van der Waals surface area contributed by atoms with E-state index in [2.05, 4.69) is 17.8 Å². The van der Waals surface area contributed by atoms with Crippen molar-refractivity contribution in [2.24, 2.45) is 5.92 Å². The Kier molecular flexibility index (Phi) is 5.61. The lowest BCUT2D eigenvalue weighted by Crippen LogP contribution is -2.43. The zero-order chi connectivity index (χ0) is 18.7. The average Bonchev–Trinajstić information content (AvgIpc) is 3.04. The summed E-state index contributed by atoms with van der Waals surface area (Å²) in [7, 11) is 0. The number of hydrogen-bond acceptors (Lipinski definition) is 4. The molecule has 2 amide bonds. The smallest absolute Gasteiger partial charge is 0.279 e. The van der Waals surface area contributed by atoms with Gasteiger partial charge >= 0.3 is 0 Å². The van der Waals surface area contributed by atoms with E-state index >= 15 is 0 Å². The van der Waals surface area contributed by atoms with Gasteiger partial charge in [-0.25, -0.2) is 0 Å². The fourth-order valence-corrected chi connectivity index (χ4v) is 4.17. The number of hydrogen-bond donors (Lipinski definition) is 2. The molecule has 0 radical (unpaired) electrons. The fraction of sp³-hybridized carbons (Fsp3) is 0.400. The monoisotopic (exact) mass is 372 g/mol. The molecule has 0 aliphatic heterocycles. The summed E-state index contributed by atoms with van der Waals surface area (Å²) < 4.78 is 5.53. The molecule has 0 unspecified atom stereocenters. The van der Waals surface area contributed by atoms with E-state index in [1.807, 2.05) is 38.1 Å². The van der Waals surface area contributed by atoms with Crippen LogP contribution in [0, 0.1) is 19.8 Å². The van der Waals surface area contributed by atoms with E-state index in [0.29, 0.717) is 16.5 Å². The van der Waals surface area contributed by atoms with Crippen molar-refractivity contribution in [1.82, 2.24) is 10.9 Å². The highest BCUT2D eigenvalue weighted by molar-refractivity contribution is 7.14. The molecule has 0 fully saturated rings. The van der Waals surface area contributed by atoms with Gasteiger partial charge in [-0.2, -0.15) is 0 Å². The highest BCUT2D eigenvalue weighted by atomic mass is 32.1. The van der Waals surface area contributed by atoms with Gasteiger partial charge in [-0.15, -0.1) is 11.3 Å². The molecule has 1 atom stereocenters. The fourth-order valence-electron chi connectivity index (χ4n) is 3.07. The average molecular weight is 372 g/mol. The van der Waals surface area contributed by atoms with Crippen molar-refractivity contribution < 1.29 is 14.3 Å². The van der Waals surface area contributed by atoms with Gasteiger partial charge in [0.15, 0.2) is 6.61 Å². The third-order valence-corrected chi connectivity index (χ3v) is 6.02. The maximum absolute atomic E-state index is 12.3. The number of nitrogens with one attached hydrogen (secondary N) is 2. The second kappa shape index (κ2) is 7.91. The third-order valence-electron chi connectivity index (χ3n) is 4.78. The molecular weight excluding hydrogens is 348 g/mol. The lowest BCUT2D eigenvalue weighted by molar-refractivity contribution is -0.123. The molecule has 6 heteroatoms. The minimum Gasteiger partial charge on any atom is -0.483 e. The highest BCUT2D eigenvalue weighted by Crippen LogP contribution is 2.32.